The molecule has 7 nitrogen and oxygen atoms in total. The van der Waals surface area contributed by atoms with E-state index in [2.05, 4.69) is 5.10 Å². The second-order valence-electron chi connectivity index (χ2n) is 5.86. The van der Waals surface area contributed by atoms with E-state index in [-0.39, 0.29) is 17.2 Å². The highest BCUT2D eigenvalue weighted by Gasteiger charge is 2.52. The number of nitrogens with zero attached hydrogens (tertiary/aromatic N) is 3. The Kier molecular flexibility index (Phi) is 3.16. The lowest BCUT2D eigenvalue weighted by Gasteiger charge is -2.26. The lowest BCUT2D eigenvalue weighted by Crippen LogP contribution is -2.43. The molecule has 0 spiro atoms. The molecule has 2 fully saturated rings. The van der Waals surface area contributed by atoms with Crippen molar-refractivity contribution in [3.8, 4) is 5.69 Å². The van der Waals surface area contributed by atoms with Crippen molar-refractivity contribution in [1.29, 1.82) is 0 Å². The molecular weight excluding hydrogens is 338 g/mol. The fraction of sp³-hybridized carbons (Fsp3) is 0.357. The number of hydrogen-bond acceptors (Lipinski definition) is 5. The number of benzene rings is 1. The Bertz CT molecular complexity index is 934. The van der Waals surface area contributed by atoms with E-state index in [1.807, 2.05) is 0 Å². The summed E-state index contributed by atoms with van der Waals surface area (Å²) in [7, 11) is -6.78. The highest BCUT2D eigenvalue weighted by molar-refractivity contribution is 7.93. The molecular formula is C14H15N3O4S2. The first-order valence-electron chi connectivity index (χ1n) is 7.21. The summed E-state index contributed by atoms with van der Waals surface area (Å²) < 4.78 is 52.0. The van der Waals surface area contributed by atoms with E-state index in [0.29, 0.717) is 6.42 Å². The Morgan fingerprint density at radius 2 is 1.91 bits per heavy atom. The lowest BCUT2D eigenvalue weighted by atomic mass is 10.3. The molecule has 2 saturated heterocycles. The van der Waals surface area contributed by atoms with E-state index < -0.39 is 31.2 Å². The standard InChI is InChI=1S/C14H15N3O4S2/c18-22(19)10-12-8-14(22)9-17(12)23(20,21)13-4-2-11(3-5-13)16-7-1-6-15-16/h1-7,12,14H,8-10H2. The summed E-state index contributed by atoms with van der Waals surface area (Å²) in [5, 5.41) is 3.54. The van der Waals surface area contributed by atoms with Crippen molar-refractivity contribution in [2.24, 2.45) is 0 Å². The zero-order valence-electron chi connectivity index (χ0n) is 12.1. The highest BCUT2D eigenvalue weighted by atomic mass is 32.2. The third-order valence-electron chi connectivity index (χ3n) is 4.47. The smallest absolute Gasteiger partial charge is 0.241 e. The largest absolute Gasteiger partial charge is 0.243 e. The van der Waals surface area contributed by atoms with E-state index in [9.17, 15) is 16.8 Å². The predicted octanol–water partition coefficient (Wildman–Crippen LogP) is 0.432. The molecule has 2 aromatic rings. The summed E-state index contributed by atoms with van der Waals surface area (Å²) >= 11 is 0. The van der Waals surface area contributed by atoms with Gasteiger partial charge in [-0.1, -0.05) is 0 Å². The quantitative estimate of drug-likeness (QED) is 0.798. The van der Waals surface area contributed by atoms with E-state index in [1.165, 1.54) is 16.4 Å². The zero-order valence-corrected chi connectivity index (χ0v) is 13.7. The van der Waals surface area contributed by atoms with E-state index >= 15 is 0 Å². The van der Waals surface area contributed by atoms with Gasteiger partial charge in [0.25, 0.3) is 0 Å². The predicted molar refractivity (Wildman–Crippen MR) is 83.4 cm³/mol. The minimum Gasteiger partial charge on any atom is -0.241 e. The maximum atomic E-state index is 12.7. The van der Waals surface area contributed by atoms with Gasteiger partial charge in [-0.25, -0.2) is 21.5 Å². The maximum absolute atomic E-state index is 12.7. The molecule has 1 aromatic carbocycles. The molecule has 122 valence electrons. The molecule has 4 rings (SSSR count). The van der Waals surface area contributed by atoms with Crippen molar-refractivity contribution < 1.29 is 16.8 Å². The molecule has 2 bridgehead atoms. The summed E-state index contributed by atoms with van der Waals surface area (Å²) in [6.45, 7) is 0.0657. The average molecular weight is 353 g/mol. The number of sulfonamides is 1. The van der Waals surface area contributed by atoms with Gasteiger partial charge in [0, 0.05) is 25.0 Å². The number of fused-ring (bicyclic) bond motifs is 2. The first kappa shape index (κ1) is 14.9. The Hall–Kier alpha value is -1.71. The van der Waals surface area contributed by atoms with Gasteiger partial charge in [-0.3, -0.25) is 0 Å². The van der Waals surface area contributed by atoms with E-state index in [4.69, 9.17) is 0 Å². The molecule has 2 unspecified atom stereocenters. The fourth-order valence-corrected chi connectivity index (χ4v) is 7.18. The molecule has 23 heavy (non-hydrogen) atoms. The molecule has 0 radical (unpaired) electrons. The van der Waals surface area contributed by atoms with Crippen LogP contribution in [0.4, 0.5) is 0 Å². The summed E-state index contributed by atoms with van der Waals surface area (Å²) in [5.41, 5.74) is 0.763. The van der Waals surface area contributed by atoms with Crippen molar-refractivity contribution in [1.82, 2.24) is 14.1 Å². The van der Waals surface area contributed by atoms with Gasteiger partial charge in [0.15, 0.2) is 9.84 Å². The minimum atomic E-state index is -3.67. The van der Waals surface area contributed by atoms with Crippen molar-refractivity contribution in [2.45, 2.75) is 22.6 Å². The molecule has 2 atom stereocenters. The van der Waals surface area contributed by atoms with Crippen LogP contribution in [0, 0.1) is 0 Å². The number of aromatic nitrogens is 2. The van der Waals surface area contributed by atoms with Crippen LogP contribution in [0.15, 0.2) is 47.6 Å². The maximum Gasteiger partial charge on any atom is 0.243 e. The Morgan fingerprint density at radius 3 is 2.43 bits per heavy atom. The molecule has 1 aromatic heterocycles. The third kappa shape index (κ3) is 2.30. The van der Waals surface area contributed by atoms with Crippen LogP contribution in [-0.4, -0.2) is 54.5 Å². The van der Waals surface area contributed by atoms with Crippen molar-refractivity contribution in [3.63, 3.8) is 0 Å². The van der Waals surface area contributed by atoms with Gasteiger partial charge in [-0.15, -0.1) is 0 Å². The Balaban J connectivity index is 1.63. The van der Waals surface area contributed by atoms with Crippen molar-refractivity contribution >= 4 is 19.9 Å². The first-order chi connectivity index (χ1) is 10.9. The van der Waals surface area contributed by atoms with Crippen LogP contribution in [0.2, 0.25) is 0 Å². The molecule has 9 heteroatoms. The number of sulfone groups is 1. The van der Waals surface area contributed by atoms with Crippen LogP contribution < -0.4 is 0 Å². The third-order valence-corrected chi connectivity index (χ3v) is 8.61. The van der Waals surface area contributed by atoms with E-state index in [1.54, 1.807) is 35.3 Å². The Morgan fingerprint density at radius 1 is 1.17 bits per heavy atom. The van der Waals surface area contributed by atoms with Crippen molar-refractivity contribution in [3.05, 3.63) is 42.7 Å². The topological polar surface area (TPSA) is 89.3 Å². The van der Waals surface area contributed by atoms with Crippen LogP contribution in [-0.2, 0) is 19.9 Å². The summed E-state index contributed by atoms with van der Waals surface area (Å²) in [4.78, 5) is 0.179. The lowest BCUT2D eigenvalue weighted by molar-refractivity contribution is 0.402. The molecule has 0 aliphatic carbocycles. The van der Waals surface area contributed by atoms with Crippen LogP contribution >= 0.6 is 0 Å². The van der Waals surface area contributed by atoms with Crippen LogP contribution in [0.25, 0.3) is 5.69 Å². The molecule has 0 N–H and O–H groups in total. The molecule has 3 heterocycles. The molecule has 2 aliphatic heterocycles. The zero-order chi connectivity index (χ0) is 16.2. The van der Waals surface area contributed by atoms with Gasteiger partial charge in [0.2, 0.25) is 10.0 Å². The monoisotopic (exact) mass is 353 g/mol. The van der Waals surface area contributed by atoms with Crippen LogP contribution in [0.5, 0.6) is 0 Å². The average Bonchev–Trinajstić information content (AvgIpc) is 3.21. The van der Waals surface area contributed by atoms with Gasteiger partial charge in [-0.2, -0.15) is 9.40 Å². The SMILES string of the molecule is O=S1(=O)CC2CC1CN2S(=O)(=O)c1ccc(-n2cccn2)cc1. The van der Waals surface area contributed by atoms with Gasteiger partial charge in [-0.05, 0) is 36.8 Å². The first-order valence-corrected chi connectivity index (χ1v) is 10.4. The normalized spacial score (nSPS) is 26.6. The summed E-state index contributed by atoms with van der Waals surface area (Å²) in [6, 6.07) is 7.79. The van der Waals surface area contributed by atoms with Crippen LogP contribution in [0.3, 0.4) is 0 Å². The molecule has 0 saturated carbocycles. The molecule has 0 amide bonds. The second-order valence-corrected chi connectivity index (χ2v) is 10.1. The summed E-state index contributed by atoms with van der Waals surface area (Å²) in [6.07, 6.45) is 3.83. The van der Waals surface area contributed by atoms with E-state index in [0.717, 1.165) is 5.69 Å². The minimum absolute atomic E-state index is 0.0657. The number of rotatable bonds is 3. The summed E-state index contributed by atoms with van der Waals surface area (Å²) in [5.74, 6) is -0.0672. The van der Waals surface area contributed by atoms with Gasteiger partial charge < -0.3 is 0 Å². The van der Waals surface area contributed by atoms with Crippen molar-refractivity contribution in [2.75, 3.05) is 12.3 Å². The molecule has 2 aliphatic rings. The van der Waals surface area contributed by atoms with Gasteiger partial charge in [0.1, 0.15) is 0 Å². The van der Waals surface area contributed by atoms with Gasteiger partial charge in [0.05, 0.1) is 21.6 Å². The fourth-order valence-electron chi connectivity index (χ4n) is 3.28. The van der Waals surface area contributed by atoms with Crippen LogP contribution in [0.1, 0.15) is 6.42 Å². The second kappa shape index (κ2) is 4.89. The number of hydrogen-bond donors (Lipinski definition) is 0. The Labute approximate surface area is 134 Å². The highest BCUT2D eigenvalue weighted by Crippen LogP contribution is 2.36. The van der Waals surface area contributed by atoms with Gasteiger partial charge >= 0.3 is 0 Å².